The number of aryl methyl sites for hydroxylation is 1. The number of hydrogen-bond acceptors (Lipinski definition) is 4. The van der Waals surface area contributed by atoms with E-state index in [1.807, 2.05) is 24.3 Å². The van der Waals surface area contributed by atoms with Crippen LogP contribution in [0.3, 0.4) is 0 Å². The number of amides is 2. The molecule has 0 spiro atoms. The van der Waals surface area contributed by atoms with Gasteiger partial charge in [0.05, 0.1) is 16.8 Å². The Morgan fingerprint density at radius 1 is 1.22 bits per heavy atom. The Morgan fingerprint density at radius 3 is 2.70 bits per heavy atom. The van der Waals surface area contributed by atoms with Gasteiger partial charge in [-0.05, 0) is 54.8 Å². The number of carbonyl (C=O) groups is 2. The van der Waals surface area contributed by atoms with Gasteiger partial charge in [0.1, 0.15) is 0 Å². The highest BCUT2D eigenvalue weighted by Crippen LogP contribution is 2.38. The SMILES string of the molecule is Cc1cc(Cl)cc(-c2ccnc3cc(CN4C(=O)CC(C)C4=O)sc23)c1C. The Bertz CT molecular complexity index is 1090. The Kier molecular flexibility index (Phi) is 4.52. The fourth-order valence-corrected chi connectivity index (χ4v) is 4.95. The highest BCUT2D eigenvalue weighted by Gasteiger charge is 2.35. The number of aromatic nitrogens is 1. The van der Waals surface area contributed by atoms with Crippen LogP contribution in [0.1, 0.15) is 29.3 Å². The summed E-state index contributed by atoms with van der Waals surface area (Å²) in [6.07, 6.45) is 2.09. The first-order valence-corrected chi connectivity index (χ1v) is 10.0. The van der Waals surface area contributed by atoms with E-state index in [-0.39, 0.29) is 17.7 Å². The second-order valence-electron chi connectivity index (χ2n) is 7.10. The van der Waals surface area contributed by atoms with Crippen molar-refractivity contribution in [2.45, 2.75) is 33.7 Å². The Morgan fingerprint density at radius 2 is 2.00 bits per heavy atom. The largest absolute Gasteiger partial charge is 0.277 e. The van der Waals surface area contributed by atoms with Crippen LogP contribution in [-0.4, -0.2) is 21.7 Å². The number of fused-ring (bicyclic) bond motifs is 1. The van der Waals surface area contributed by atoms with Crippen LogP contribution in [0.4, 0.5) is 0 Å². The minimum Gasteiger partial charge on any atom is -0.277 e. The van der Waals surface area contributed by atoms with Gasteiger partial charge in [0.15, 0.2) is 0 Å². The maximum absolute atomic E-state index is 12.2. The van der Waals surface area contributed by atoms with Crippen LogP contribution in [0.5, 0.6) is 0 Å². The Hall–Kier alpha value is -2.24. The number of halogens is 1. The summed E-state index contributed by atoms with van der Waals surface area (Å²) in [4.78, 5) is 31.1. The van der Waals surface area contributed by atoms with Crippen molar-refractivity contribution < 1.29 is 9.59 Å². The van der Waals surface area contributed by atoms with E-state index in [1.54, 1.807) is 24.5 Å². The van der Waals surface area contributed by atoms with Crippen LogP contribution in [0.25, 0.3) is 21.3 Å². The van der Waals surface area contributed by atoms with E-state index in [1.165, 1.54) is 10.5 Å². The molecule has 4 rings (SSSR count). The maximum atomic E-state index is 12.2. The van der Waals surface area contributed by atoms with Gasteiger partial charge in [-0.3, -0.25) is 19.5 Å². The number of benzene rings is 1. The minimum absolute atomic E-state index is 0.0908. The lowest BCUT2D eigenvalue weighted by Crippen LogP contribution is -2.29. The molecule has 0 aliphatic carbocycles. The molecule has 1 saturated heterocycles. The molecule has 0 N–H and O–H groups in total. The molecule has 1 fully saturated rings. The van der Waals surface area contributed by atoms with Gasteiger partial charge in [-0.1, -0.05) is 18.5 Å². The molecular weight excluding hydrogens is 380 g/mol. The molecule has 4 nitrogen and oxygen atoms in total. The van der Waals surface area contributed by atoms with E-state index in [9.17, 15) is 9.59 Å². The molecule has 1 aliphatic rings. The fraction of sp³-hybridized carbons (Fsp3) is 0.286. The number of rotatable bonds is 3. The van der Waals surface area contributed by atoms with E-state index in [0.717, 1.165) is 31.8 Å². The van der Waals surface area contributed by atoms with Crippen molar-refractivity contribution >= 4 is 45.0 Å². The molecule has 1 unspecified atom stereocenters. The minimum atomic E-state index is -0.224. The second kappa shape index (κ2) is 6.73. The highest BCUT2D eigenvalue weighted by atomic mass is 35.5. The van der Waals surface area contributed by atoms with Crippen molar-refractivity contribution in [1.29, 1.82) is 0 Å². The van der Waals surface area contributed by atoms with E-state index >= 15 is 0 Å². The van der Waals surface area contributed by atoms with Crippen LogP contribution >= 0.6 is 22.9 Å². The van der Waals surface area contributed by atoms with Gasteiger partial charge in [-0.25, -0.2) is 0 Å². The van der Waals surface area contributed by atoms with Crippen molar-refractivity contribution in [1.82, 2.24) is 9.88 Å². The van der Waals surface area contributed by atoms with E-state index in [2.05, 4.69) is 18.8 Å². The molecule has 1 aromatic carbocycles. The van der Waals surface area contributed by atoms with Crippen molar-refractivity contribution in [3.05, 3.63) is 51.5 Å². The first-order valence-electron chi connectivity index (χ1n) is 8.84. The Labute approximate surface area is 166 Å². The van der Waals surface area contributed by atoms with Crippen molar-refractivity contribution in [2.24, 2.45) is 5.92 Å². The smallest absolute Gasteiger partial charge is 0.232 e. The molecule has 0 saturated carbocycles. The highest BCUT2D eigenvalue weighted by molar-refractivity contribution is 7.19. The van der Waals surface area contributed by atoms with Crippen LogP contribution in [0.15, 0.2) is 30.5 Å². The molecule has 0 radical (unpaired) electrons. The average Bonchev–Trinajstić information content (AvgIpc) is 3.14. The Balaban J connectivity index is 1.78. The number of hydrogen-bond donors (Lipinski definition) is 0. The zero-order valence-corrected chi connectivity index (χ0v) is 16.9. The third kappa shape index (κ3) is 3.15. The fourth-order valence-electron chi connectivity index (χ4n) is 3.54. The zero-order valence-electron chi connectivity index (χ0n) is 15.4. The molecular formula is C21H19ClN2O2S. The third-order valence-electron chi connectivity index (χ3n) is 5.17. The van der Waals surface area contributed by atoms with Crippen molar-refractivity contribution in [2.75, 3.05) is 0 Å². The summed E-state index contributed by atoms with van der Waals surface area (Å²) in [5.41, 5.74) is 5.35. The first kappa shape index (κ1) is 18.1. The number of pyridine rings is 1. The molecule has 138 valence electrons. The van der Waals surface area contributed by atoms with Gasteiger partial charge >= 0.3 is 0 Å². The number of nitrogens with zero attached hydrogens (tertiary/aromatic N) is 2. The number of likely N-dealkylation sites (tertiary alicyclic amines) is 1. The second-order valence-corrected chi connectivity index (χ2v) is 8.68. The molecule has 2 aromatic heterocycles. The summed E-state index contributed by atoms with van der Waals surface area (Å²) >= 11 is 7.87. The molecule has 3 aromatic rings. The molecule has 3 heterocycles. The molecule has 0 bridgehead atoms. The van der Waals surface area contributed by atoms with Gasteiger partial charge in [0.2, 0.25) is 11.8 Å². The van der Waals surface area contributed by atoms with Gasteiger partial charge in [-0.15, -0.1) is 11.3 Å². The van der Waals surface area contributed by atoms with E-state index < -0.39 is 0 Å². The van der Waals surface area contributed by atoms with E-state index in [0.29, 0.717) is 18.0 Å². The van der Waals surface area contributed by atoms with Gasteiger partial charge in [0.25, 0.3) is 0 Å². The quantitative estimate of drug-likeness (QED) is 0.575. The molecule has 1 aliphatic heterocycles. The summed E-state index contributed by atoms with van der Waals surface area (Å²) in [6.45, 7) is 6.25. The lowest BCUT2D eigenvalue weighted by atomic mass is 9.97. The van der Waals surface area contributed by atoms with Crippen molar-refractivity contribution in [3.8, 4) is 11.1 Å². The average molecular weight is 399 g/mol. The maximum Gasteiger partial charge on any atom is 0.232 e. The normalized spacial score (nSPS) is 17.3. The van der Waals surface area contributed by atoms with Crippen LogP contribution in [0, 0.1) is 19.8 Å². The lowest BCUT2D eigenvalue weighted by Gasteiger charge is -2.12. The van der Waals surface area contributed by atoms with Crippen LogP contribution < -0.4 is 0 Å². The standard InChI is InChI=1S/C21H19ClN2O2S/c1-11-6-14(22)8-17(13(11)3)16-4-5-23-18-9-15(27-20(16)18)10-24-19(25)7-12(2)21(24)26/h4-6,8-9,12H,7,10H2,1-3H3. The van der Waals surface area contributed by atoms with Crippen molar-refractivity contribution in [3.63, 3.8) is 0 Å². The predicted octanol–water partition coefficient (Wildman–Crippen LogP) is 5.13. The molecule has 6 heteroatoms. The van der Waals surface area contributed by atoms with Gasteiger partial charge < -0.3 is 0 Å². The zero-order chi connectivity index (χ0) is 19.3. The van der Waals surface area contributed by atoms with Gasteiger partial charge in [0, 0.05) is 34.0 Å². The monoisotopic (exact) mass is 398 g/mol. The third-order valence-corrected chi connectivity index (χ3v) is 6.53. The summed E-state index contributed by atoms with van der Waals surface area (Å²) in [7, 11) is 0. The summed E-state index contributed by atoms with van der Waals surface area (Å²) < 4.78 is 1.05. The molecule has 27 heavy (non-hydrogen) atoms. The molecule has 2 amide bonds. The summed E-state index contributed by atoms with van der Waals surface area (Å²) in [5.74, 6) is -0.413. The lowest BCUT2D eigenvalue weighted by molar-refractivity contribution is -0.139. The van der Waals surface area contributed by atoms with Crippen LogP contribution in [-0.2, 0) is 16.1 Å². The topological polar surface area (TPSA) is 50.3 Å². The summed E-state index contributed by atoms with van der Waals surface area (Å²) in [6, 6.07) is 7.91. The van der Waals surface area contributed by atoms with Crippen LogP contribution in [0.2, 0.25) is 5.02 Å². The molecule has 1 atom stereocenters. The first-order chi connectivity index (χ1) is 12.8. The van der Waals surface area contributed by atoms with Gasteiger partial charge in [-0.2, -0.15) is 0 Å². The number of imide groups is 1. The predicted molar refractivity (Wildman–Crippen MR) is 109 cm³/mol. The van der Waals surface area contributed by atoms with E-state index in [4.69, 9.17) is 11.6 Å². The summed E-state index contributed by atoms with van der Waals surface area (Å²) in [5, 5.41) is 0.706. The number of thiophene rings is 1. The number of carbonyl (C=O) groups excluding carboxylic acids is 2.